The standard InChI is InChI=1S/C17H21N3O3/c21-16-9-8-15(17(22)18-11-14-7-4-10-23-14)19-20(16)12-13-5-2-1-3-6-13/h1-3,5-6,14H,4,7-12H2,(H,18,22)/t14-/m1/s1. The van der Waals surface area contributed by atoms with Crippen molar-refractivity contribution in [2.24, 2.45) is 5.10 Å². The third-order valence-corrected chi connectivity index (χ3v) is 4.06. The summed E-state index contributed by atoms with van der Waals surface area (Å²) in [4.78, 5) is 24.2. The molecule has 1 aromatic rings. The fraction of sp³-hybridized carbons (Fsp3) is 0.471. The van der Waals surface area contributed by atoms with Gasteiger partial charge in [-0.2, -0.15) is 5.10 Å². The number of benzene rings is 1. The van der Waals surface area contributed by atoms with Gasteiger partial charge in [0.05, 0.1) is 12.6 Å². The van der Waals surface area contributed by atoms with Gasteiger partial charge < -0.3 is 10.1 Å². The van der Waals surface area contributed by atoms with Gasteiger partial charge in [0.1, 0.15) is 5.71 Å². The Hall–Kier alpha value is -2.21. The maximum atomic E-state index is 12.2. The number of nitrogens with one attached hydrogen (secondary N) is 1. The maximum absolute atomic E-state index is 12.2. The third kappa shape index (κ3) is 4.16. The van der Waals surface area contributed by atoms with E-state index >= 15 is 0 Å². The maximum Gasteiger partial charge on any atom is 0.267 e. The first kappa shape index (κ1) is 15.7. The highest BCUT2D eigenvalue weighted by Crippen LogP contribution is 2.14. The van der Waals surface area contributed by atoms with E-state index in [2.05, 4.69) is 10.4 Å². The van der Waals surface area contributed by atoms with Crippen LogP contribution in [0.1, 0.15) is 31.2 Å². The Bertz CT molecular complexity index is 594. The molecule has 2 aliphatic rings. The number of hydrazone groups is 1. The number of carbonyl (C=O) groups excluding carboxylic acids is 2. The molecule has 1 saturated heterocycles. The van der Waals surface area contributed by atoms with Crippen molar-refractivity contribution in [1.29, 1.82) is 0 Å². The molecule has 2 heterocycles. The lowest BCUT2D eigenvalue weighted by atomic mass is 10.1. The number of amides is 2. The van der Waals surface area contributed by atoms with Crippen LogP contribution < -0.4 is 5.32 Å². The predicted molar refractivity (Wildman–Crippen MR) is 85.6 cm³/mol. The highest BCUT2D eigenvalue weighted by molar-refractivity contribution is 6.39. The van der Waals surface area contributed by atoms with E-state index in [-0.39, 0.29) is 17.9 Å². The Morgan fingerprint density at radius 2 is 2.13 bits per heavy atom. The number of carbonyl (C=O) groups is 2. The van der Waals surface area contributed by atoms with E-state index in [0.717, 1.165) is 25.0 Å². The summed E-state index contributed by atoms with van der Waals surface area (Å²) in [5, 5.41) is 8.50. The van der Waals surface area contributed by atoms with E-state index in [1.54, 1.807) is 0 Å². The van der Waals surface area contributed by atoms with E-state index in [4.69, 9.17) is 4.74 Å². The molecule has 3 rings (SSSR count). The zero-order valence-electron chi connectivity index (χ0n) is 13.0. The first-order valence-electron chi connectivity index (χ1n) is 8.04. The summed E-state index contributed by atoms with van der Waals surface area (Å²) >= 11 is 0. The number of rotatable bonds is 5. The fourth-order valence-corrected chi connectivity index (χ4v) is 2.76. The Morgan fingerprint density at radius 3 is 2.87 bits per heavy atom. The van der Waals surface area contributed by atoms with Crippen molar-refractivity contribution in [2.75, 3.05) is 13.2 Å². The molecule has 122 valence electrons. The van der Waals surface area contributed by atoms with Crippen molar-refractivity contribution in [3.05, 3.63) is 35.9 Å². The number of ether oxygens (including phenoxy) is 1. The molecular formula is C17H21N3O3. The van der Waals surface area contributed by atoms with Crippen molar-refractivity contribution in [3.63, 3.8) is 0 Å². The molecule has 6 heteroatoms. The van der Waals surface area contributed by atoms with Crippen LogP contribution in [-0.2, 0) is 20.9 Å². The fourth-order valence-electron chi connectivity index (χ4n) is 2.76. The molecule has 0 aliphatic carbocycles. The van der Waals surface area contributed by atoms with Gasteiger partial charge in [0.25, 0.3) is 5.91 Å². The van der Waals surface area contributed by atoms with Gasteiger partial charge in [0.2, 0.25) is 5.91 Å². The summed E-state index contributed by atoms with van der Waals surface area (Å²) < 4.78 is 5.49. The van der Waals surface area contributed by atoms with Crippen molar-refractivity contribution in [1.82, 2.24) is 10.3 Å². The second kappa shape index (κ2) is 7.37. The van der Waals surface area contributed by atoms with Crippen LogP contribution in [0.2, 0.25) is 0 Å². The lowest BCUT2D eigenvalue weighted by Crippen LogP contribution is -2.41. The van der Waals surface area contributed by atoms with Gasteiger partial charge in [-0.05, 0) is 18.4 Å². The van der Waals surface area contributed by atoms with Gasteiger partial charge in [-0.15, -0.1) is 0 Å². The molecule has 1 N–H and O–H groups in total. The summed E-state index contributed by atoms with van der Waals surface area (Å²) in [7, 11) is 0. The van der Waals surface area contributed by atoms with Crippen LogP contribution in [-0.4, -0.2) is 41.8 Å². The molecule has 0 unspecified atom stereocenters. The Kier molecular flexibility index (Phi) is 5.02. The average molecular weight is 315 g/mol. The van der Waals surface area contributed by atoms with Gasteiger partial charge in [-0.25, -0.2) is 5.01 Å². The first-order chi connectivity index (χ1) is 11.2. The van der Waals surface area contributed by atoms with E-state index < -0.39 is 0 Å². The zero-order chi connectivity index (χ0) is 16.1. The van der Waals surface area contributed by atoms with Gasteiger partial charge in [-0.1, -0.05) is 30.3 Å². The molecule has 1 fully saturated rings. The molecule has 1 atom stereocenters. The highest BCUT2D eigenvalue weighted by Gasteiger charge is 2.25. The van der Waals surface area contributed by atoms with Crippen molar-refractivity contribution >= 4 is 17.5 Å². The molecule has 0 saturated carbocycles. The van der Waals surface area contributed by atoms with Gasteiger partial charge in [0.15, 0.2) is 0 Å². The molecule has 1 aromatic carbocycles. The quantitative estimate of drug-likeness (QED) is 0.894. The van der Waals surface area contributed by atoms with Crippen LogP contribution in [0.15, 0.2) is 35.4 Å². The highest BCUT2D eigenvalue weighted by atomic mass is 16.5. The number of hydrogen-bond acceptors (Lipinski definition) is 4. The Morgan fingerprint density at radius 1 is 1.30 bits per heavy atom. The largest absolute Gasteiger partial charge is 0.376 e. The molecule has 2 amide bonds. The minimum Gasteiger partial charge on any atom is -0.376 e. The summed E-state index contributed by atoms with van der Waals surface area (Å²) in [6.45, 7) is 1.66. The molecule has 0 radical (unpaired) electrons. The van der Waals surface area contributed by atoms with Crippen LogP contribution in [0, 0.1) is 0 Å². The summed E-state index contributed by atoms with van der Waals surface area (Å²) in [6.07, 6.45) is 2.83. The molecule has 6 nitrogen and oxygen atoms in total. The van der Waals surface area contributed by atoms with E-state index in [1.807, 2.05) is 30.3 Å². The minimum atomic E-state index is -0.203. The number of nitrogens with zero attached hydrogens (tertiary/aromatic N) is 2. The first-order valence-corrected chi connectivity index (χ1v) is 8.04. The van der Waals surface area contributed by atoms with Crippen molar-refractivity contribution in [3.8, 4) is 0 Å². The SMILES string of the molecule is O=C(NC[C@H]1CCCO1)C1=NN(Cc2ccccc2)C(=O)CC1. The van der Waals surface area contributed by atoms with E-state index in [0.29, 0.717) is 31.6 Å². The smallest absolute Gasteiger partial charge is 0.267 e. The van der Waals surface area contributed by atoms with Crippen LogP contribution in [0.4, 0.5) is 0 Å². The van der Waals surface area contributed by atoms with Crippen LogP contribution >= 0.6 is 0 Å². The Labute approximate surface area is 135 Å². The normalized spacial score (nSPS) is 21.2. The summed E-state index contributed by atoms with van der Waals surface area (Å²) in [5.74, 6) is -0.254. The van der Waals surface area contributed by atoms with Gasteiger partial charge in [0, 0.05) is 26.0 Å². The van der Waals surface area contributed by atoms with Gasteiger partial charge >= 0.3 is 0 Å². The summed E-state index contributed by atoms with van der Waals surface area (Å²) in [5.41, 5.74) is 1.41. The summed E-state index contributed by atoms with van der Waals surface area (Å²) in [6, 6.07) is 9.64. The molecule has 2 aliphatic heterocycles. The van der Waals surface area contributed by atoms with Crippen molar-refractivity contribution in [2.45, 2.75) is 38.3 Å². The van der Waals surface area contributed by atoms with E-state index in [1.165, 1.54) is 5.01 Å². The van der Waals surface area contributed by atoms with Crippen LogP contribution in [0.25, 0.3) is 0 Å². The molecule has 0 spiro atoms. The zero-order valence-corrected chi connectivity index (χ0v) is 13.0. The lowest BCUT2D eigenvalue weighted by molar-refractivity contribution is -0.132. The van der Waals surface area contributed by atoms with E-state index in [9.17, 15) is 9.59 Å². The monoisotopic (exact) mass is 315 g/mol. The predicted octanol–water partition coefficient (Wildman–Crippen LogP) is 1.46. The molecule has 23 heavy (non-hydrogen) atoms. The average Bonchev–Trinajstić information content (AvgIpc) is 3.09. The van der Waals surface area contributed by atoms with Gasteiger partial charge in [-0.3, -0.25) is 9.59 Å². The molecular weight excluding hydrogens is 294 g/mol. The molecule has 0 bridgehead atoms. The number of hydrogen-bond donors (Lipinski definition) is 1. The van der Waals surface area contributed by atoms with Crippen LogP contribution in [0.5, 0.6) is 0 Å². The van der Waals surface area contributed by atoms with Crippen molar-refractivity contribution < 1.29 is 14.3 Å². The lowest BCUT2D eigenvalue weighted by Gasteiger charge is -2.23. The van der Waals surface area contributed by atoms with Crippen LogP contribution in [0.3, 0.4) is 0 Å². The molecule has 0 aromatic heterocycles. The third-order valence-electron chi connectivity index (χ3n) is 4.06. The Balaban J connectivity index is 1.60. The minimum absolute atomic E-state index is 0.0514. The second-order valence-corrected chi connectivity index (χ2v) is 5.83. The topological polar surface area (TPSA) is 71.0 Å². The second-order valence-electron chi connectivity index (χ2n) is 5.83.